The summed E-state index contributed by atoms with van der Waals surface area (Å²) in [5, 5.41) is 36.3. The summed E-state index contributed by atoms with van der Waals surface area (Å²) in [4.78, 5) is 8.06. The van der Waals surface area contributed by atoms with Crippen molar-refractivity contribution in [3.8, 4) is 0 Å². The molecule has 0 radical (unpaired) electrons. The lowest BCUT2D eigenvalue weighted by atomic mass is 10.1. The number of nitrogens with zero attached hydrogens (tertiary/aromatic N) is 2. The van der Waals surface area contributed by atoms with E-state index in [9.17, 15) is 10.2 Å². The van der Waals surface area contributed by atoms with Crippen LogP contribution in [-0.4, -0.2) is 62.7 Å². The van der Waals surface area contributed by atoms with E-state index in [4.69, 9.17) is 20.0 Å². The summed E-state index contributed by atoms with van der Waals surface area (Å²) in [6.07, 6.45) is -2.85. The fraction of sp³-hybridized carbons (Fsp3) is 0.583. The molecular formula is C12H17N3O5. The Balaban J connectivity index is 2.21. The van der Waals surface area contributed by atoms with E-state index in [0.29, 0.717) is 6.61 Å². The van der Waals surface area contributed by atoms with Crippen molar-refractivity contribution >= 4 is 5.90 Å². The van der Waals surface area contributed by atoms with Gasteiger partial charge in [0, 0.05) is 6.20 Å². The van der Waals surface area contributed by atoms with Crippen molar-refractivity contribution in [2.75, 3.05) is 13.2 Å². The summed E-state index contributed by atoms with van der Waals surface area (Å²) in [5.41, 5.74) is 0.259. The van der Waals surface area contributed by atoms with Crippen molar-refractivity contribution in [2.45, 2.75) is 31.3 Å². The van der Waals surface area contributed by atoms with Gasteiger partial charge in [0.2, 0.25) is 5.90 Å². The van der Waals surface area contributed by atoms with Crippen LogP contribution in [0.15, 0.2) is 12.3 Å². The molecule has 0 amide bonds. The lowest BCUT2D eigenvalue weighted by Gasteiger charge is -2.14. The van der Waals surface area contributed by atoms with E-state index in [1.54, 1.807) is 6.92 Å². The normalized spacial score (nSPS) is 29.4. The highest BCUT2D eigenvalue weighted by Gasteiger charge is 2.44. The van der Waals surface area contributed by atoms with Gasteiger partial charge in [-0.3, -0.25) is 5.41 Å². The number of aliphatic hydroxyl groups excluding tert-OH is 3. The molecule has 4 N–H and O–H groups in total. The monoisotopic (exact) mass is 283 g/mol. The number of hydrogen-bond acceptors (Lipinski definition) is 8. The minimum absolute atomic E-state index is 0.108. The Morgan fingerprint density at radius 3 is 2.80 bits per heavy atom. The van der Waals surface area contributed by atoms with Crippen molar-refractivity contribution in [1.29, 1.82) is 5.41 Å². The fourth-order valence-corrected chi connectivity index (χ4v) is 1.97. The van der Waals surface area contributed by atoms with Crippen molar-refractivity contribution in [3.05, 3.63) is 23.8 Å². The van der Waals surface area contributed by atoms with Gasteiger partial charge in [-0.05, 0) is 13.0 Å². The molecular weight excluding hydrogens is 266 g/mol. The van der Waals surface area contributed by atoms with Gasteiger partial charge in [-0.2, -0.15) is 0 Å². The SMILES string of the molecule is CCOC(=N)c1ccnc([C@@H]2O[C@H](CO)[C@@H](O)[C@H]2O)n1. The van der Waals surface area contributed by atoms with Crippen LogP contribution in [0.3, 0.4) is 0 Å². The molecule has 4 atom stereocenters. The number of aromatic nitrogens is 2. The van der Waals surface area contributed by atoms with Crippen LogP contribution in [-0.2, 0) is 9.47 Å². The Morgan fingerprint density at radius 2 is 2.20 bits per heavy atom. The maximum absolute atomic E-state index is 9.89. The molecule has 2 rings (SSSR count). The van der Waals surface area contributed by atoms with Crippen molar-refractivity contribution in [3.63, 3.8) is 0 Å². The van der Waals surface area contributed by atoms with Crippen LogP contribution in [0, 0.1) is 5.41 Å². The minimum atomic E-state index is -1.23. The number of nitrogens with one attached hydrogen (secondary N) is 1. The van der Waals surface area contributed by atoms with Crippen LogP contribution in [0.4, 0.5) is 0 Å². The predicted octanol–water partition coefficient (Wildman–Crippen LogP) is -1.01. The van der Waals surface area contributed by atoms with Crippen molar-refractivity contribution in [1.82, 2.24) is 9.97 Å². The van der Waals surface area contributed by atoms with Crippen LogP contribution in [0.5, 0.6) is 0 Å². The van der Waals surface area contributed by atoms with E-state index in [0.717, 1.165) is 0 Å². The lowest BCUT2D eigenvalue weighted by Crippen LogP contribution is -2.32. The molecule has 0 aliphatic carbocycles. The van der Waals surface area contributed by atoms with Gasteiger partial charge in [0.05, 0.1) is 13.2 Å². The highest BCUT2D eigenvalue weighted by Crippen LogP contribution is 2.31. The zero-order valence-electron chi connectivity index (χ0n) is 10.9. The van der Waals surface area contributed by atoms with Gasteiger partial charge >= 0.3 is 0 Å². The summed E-state index contributed by atoms with van der Waals surface area (Å²) in [5.74, 6) is 0.0253. The van der Waals surface area contributed by atoms with Crippen LogP contribution < -0.4 is 0 Å². The van der Waals surface area contributed by atoms with E-state index in [1.165, 1.54) is 12.3 Å². The first-order valence-corrected chi connectivity index (χ1v) is 6.25. The first kappa shape index (κ1) is 14.8. The van der Waals surface area contributed by atoms with Gasteiger partial charge in [-0.25, -0.2) is 9.97 Å². The Labute approximate surface area is 115 Å². The third-order valence-electron chi connectivity index (χ3n) is 2.99. The van der Waals surface area contributed by atoms with Crippen LogP contribution >= 0.6 is 0 Å². The average Bonchev–Trinajstić information content (AvgIpc) is 2.75. The standard InChI is InChI=1S/C12H17N3O5/c1-2-19-11(13)6-3-4-14-12(15-6)10-9(18)8(17)7(5-16)20-10/h3-4,7-10,13,16-18H,2,5H2,1H3/t7-,8-,9-,10-/m1/s1. The van der Waals surface area contributed by atoms with Crippen molar-refractivity contribution in [2.24, 2.45) is 0 Å². The Morgan fingerprint density at radius 1 is 1.45 bits per heavy atom. The molecule has 0 spiro atoms. The zero-order chi connectivity index (χ0) is 14.7. The second-order valence-electron chi connectivity index (χ2n) is 4.32. The smallest absolute Gasteiger partial charge is 0.232 e. The van der Waals surface area contributed by atoms with E-state index in [2.05, 4.69) is 9.97 Å². The third kappa shape index (κ3) is 2.78. The molecule has 8 nitrogen and oxygen atoms in total. The molecule has 1 aromatic rings. The molecule has 0 unspecified atom stereocenters. The highest BCUT2D eigenvalue weighted by molar-refractivity contribution is 5.89. The summed E-state index contributed by atoms with van der Waals surface area (Å²) in [7, 11) is 0. The van der Waals surface area contributed by atoms with E-state index in [-0.39, 0.29) is 17.4 Å². The average molecular weight is 283 g/mol. The van der Waals surface area contributed by atoms with Crippen LogP contribution in [0.1, 0.15) is 24.5 Å². The lowest BCUT2D eigenvalue weighted by molar-refractivity contribution is -0.0253. The molecule has 0 aromatic carbocycles. The molecule has 2 heterocycles. The summed E-state index contributed by atoms with van der Waals surface area (Å²) < 4.78 is 10.4. The number of aliphatic hydroxyl groups is 3. The molecule has 1 aliphatic heterocycles. The molecule has 1 fully saturated rings. The maximum Gasteiger partial charge on any atom is 0.232 e. The topological polar surface area (TPSA) is 129 Å². The molecule has 0 saturated carbocycles. The molecule has 110 valence electrons. The van der Waals surface area contributed by atoms with Gasteiger partial charge in [-0.1, -0.05) is 0 Å². The Kier molecular flexibility index (Phi) is 4.61. The van der Waals surface area contributed by atoms with E-state index < -0.39 is 31.0 Å². The van der Waals surface area contributed by atoms with Crippen LogP contribution in [0.2, 0.25) is 0 Å². The maximum atomic E-state index is 9.89. The second kappa shape index (κ2) is 6.23. The molecule has 20 heavy (non-hydrogen) atoms. The van der Waals surface area contributed by atoms with Gasteiger partial charge in [0.1, 0.15) is 30.1 Å². The fourth-order valence-electron chi connectivity index (χ4n) is 1.97. The number of ether oxygens (including phenoxy) is 2. The molecule has 8 heteroatoms. The predicted molar refractivity (Wildman–Crippen MR) is 67.2 cm³/mol. The second-order valence-corrected chi connectivity index (χ2v) is 4.32. The van der Waals surface area contributed by atoms with E-state index in [1.807, 2.05) is 0 Å². The van der Waals surface area contributed by atoms with Gasteiger partial charge in [-0.15, -0.1) is 0 Å². The summed E-state index contributed by atoms with van der Waals surface area (Å²) in [6.45, 7) is 1.68. The highest BCUT2D eigenvalue weighted by atomic mass is 16.6. The first-order valence-electron chi connectivity index (χ1n) is 6.25. The summed E-state index contributed by atoms with van der Waals surface area (Å²) in [6, 6.07) is 1.50. The zero-order valence-corrected chi connectivity index (χ0v) is 10.9. The molecule has 0 bridgehead atoms. The number of rotatable bonds is 4. The third-order valence-corrected chi connectivity index (χ3v) is 2.99. The quantitative estimate of drug-likeness (QED) is 0.411. The Hall–Kier alpha value is -1.61. The number of hydrogen-bond donors (Lipinski definition) is 4. The summed E-state index contributed by atoms with van der Waals surface area (Å²) >= 11 is 0. The molecule has 1 aromatic heterocycles. The van der Waals surface area contributed by atoms with Crippen molar-refractivity contribution < 1.29 is 24.8 Å². The first-order chi connectivity index (χ1) is 9.58. The van der Waals surface area contributed by atoms with Gasteiger partial charge < -0.3 is 24.8 Å². The van der Waals surface area contributed by atoms with Gasteiger partial charge in [0.15, 0.2) is 5.82 Å². The largest absolute Gasteiger partial charge is 0.477 e. The Bertz CT molecular complexity index is 484. The molecule has 1 saturated heterocycles. The minimum Gasteiger partial charge on any atom is -0.477 e. The molecule has 1 aliphatic rings. The van der Waals surface area contributed by atoms with E-state index >= 15 is 0 Å². The van der Waals surface area contributed by atoms with Crippen LogP contribution in [0.25, 0.3) is 0 Å². The van der Waals surface area contributed by atoms with Gasteiger partial charge in [0.25, 0.3) is 0 Å².